The molecule has 3 aromatic carbocycles. The normalized spacial score (nSPS) is 20.3. The molecule has 44 heavy (non-hydrogen) atoms. The summed E-state index contributed by atoms with van der Waals surface area (Å²) in [6.07, 6.45) is 0.312. The first-order valence-corrected chi connectivity index (χ1v) is 16.1. The fourth-order valence-corrected chi connectivity index (χ4v) is 6.29. The van der Waals surface area contributed by atoms with Gasteiger partial charge in [-0.3, -0.25) is 4.79 Å². The largest absolute Gasteiger partial charge is 0.618 e. The van der Waals surface area contributed by atoms with Crippen LogP contribution in [0, 0.1) is 11.1 Å². The maximum Gasteiger partial charge on any atom is 0.272 e. The number of thioether (sulfide) groups is 1. The second kappa shape index (κ2) is 14.5. The van der Waals surface area contributed by atoms with Crippen LogP contribution in [0.3, 0.4) is 0 Å². The van der Waals surface area contributed by atoms with Gasteiger partial charge in [0.05, 0.1) is 18.8 Å². The average molecular weight is 674 g/mol. The van der Waals surface area contributed by atoms with E-state index in [9.17, 15) is 15.1 Å². The van der Waals surface area contributed by atoms with Crippen LogP contribution < -0.4 is 10.0 Å². The molecule has 1 amide bonds. The van der Waals surface area contributed by atoms with Crippen molar-refractivity contribution in [1.82, 2.24) is 5.32 Å². The predicted octanol–water partition coefficient (Wildman–Crippen LogP) is 7.05. The van der Waals surface area contributed by atoms with Crippen LogP contribution in [-0.4, -0.2) is 26.7 Å². The van der Waals surface area contributed by atoms with Crippen LogP contribution in [0.4, 0.5) is 0 Å². The van der Waals surface area contributed by atoms with Crippen LogP contribution in [0.2, 0.25) is 0 Å². The molecular weight excluding hydrogens is 643 g/mol. The summed E-state index contributed by atoms with van der Waals surface area (Å²) in [5, 5.41) is 25.1. The molecule has 230 valence electrons. The van der Waals surface area contributed by atoms with E-state index in [1.807, 2.05) is 78.9 Å². The highest BCUT2D eigenvalue weighted by Crippen LogP contribution is 2.43. The number of nitrogens with one attached hydrogen (secondary N) is 1. The number of halogens is 3. The molecule has 0 spiro atoms. The zero-order valence-electron chi connectivity index (χ0n) is 23.7. The summed E-state index contributed by atoms with van der Waals surface area (Å²) in [5.74, 6) is -0.160. The molecule has 0 bridgehead atoms. The minimum absolute atomic E-state index is 0.0229. The molecule has 1 fully saturated rings. The summed E-state index contributed by atoms with van der Waals surface area (Å²) in [5.41, 5.74) is 5.36. The quantitative estimate of drug-likeness (QED) is 0.0856. The predicted molar refractivity (Wildman–Crippen MR) is 173 cm³/mol. The Balaban J connectivity index is 1.39. The Morgan fingerprint density at radius 2 is 1.66 bits per heavy atom. The van der Waals surface area contributed by atoms with E-state index in [2.05, 4.69) is 12.2 Å². The van der Waals surface area contributed by atoms with Crippen LogP contribution in [-0.2, 0) is 27.4 Å². The Kier molecular flexibility index (Phi) is 10.7. The van der Waals surface area contributed by atoms with Crippen LogP contribution in [0.1, 0.15) is 41.6 Å². The summed E-state index contributed by atoms with van der Waals surface area (Å²) in [7, 11) is 0. The van der Waals surface area contributed by atoms with Crippen molar-refractivity contribution in [2.24, 2.45) is 5.92 Å². The van der Waals surface area contributed by atoms with E-state index < -0.39 is 16.0 Å². The van der Waals surface area contributed by atoms with Crippen molar-refractivity contribution < 1.29 is 24.1 Å². The number of hydrogen-bond acceptors (Lipinski definition) is 6. The van der Waals surface area contributed by atoms with Crippen molar-refractivity contribution in [1.29, 1.82) is 0 Å². The molecule has 4 aromatic rings. The SMILES string of the molecule is CC1C(CSc2cccc[n+]2[O-])OC(c2cccc(-c3cccc(CNC(=O)C(Cl)(Cl)Cl)c3)c2)OC1c1ccc(CO)cc1. The number of benzene rings is 3. The first-order chi connectivity index (χ1) is 21.1. The number of amides is 1. The number of rotatable bonds is 9. The number of carbonyl (C=O) groups excluding carboxylic acids is 1. The summed E-state index contributed by atoms with van der Waals surface area (Å²) >= 11 is 18.5. The highest BCUT2D eigenvalue weighted by atomic mass is 35.6. The van der Waals surface area contributed by atoms with Crippen molar-refractivity contribution in [2.75, 3.05) is 5.75 Å². The molecule has 4 atom stereocenters. The number of pyridine rings is 1. The summed E-state index contributed by atoms with van der Waals surface area (Å²) in [6, 6.07) is 28.8. The number of nitrogens with zero attached hydrogens (tertiary/aromatic N) is 1. The monoisotopic (exact) mass is 672 g/mol. The maximum absolute atomic E-state index is 12.3. The number of aliphatic hydroxyl groups is 1. The summed E-state index contributed by atoms with van der Waals surface area (Å²) < 4.78 is 12.0. The lowest BCUT2D eigenvalue weighted by atomic mass is 9.91. The van der Waals surface area contributed by atoms with E-state index in [1.165, 1.54) is 18.0 Å². The van der Waals surface area contributed by atoms with Crippen molar-refractivity contribution in [3.63, 3.8) is 0 Å². The molecule has 1 aliphatic heterocycles. The average Bonchev–Trinajstić information content (AvgIpc) is 3.03. The van der Waals surface area contributed by atoms with E-state index in [4.69, 9.17) is 44.3 Å². The van der Waals surface area contributed by atoms with Gasteiger partial charge in [-0.15, -0.1) is 0 Å². The molecule has 5 rings (SSSR count). The Morgan fingerprint density at radius 1 is 0.932 bits per heavy atom. The van der Waals surface area contributed by atoms with Crippen LogP contribution in [0.25, 0.3) is 11.1 Å². The number of aliphatic hydroxyl groups excluding tert-OH is 1. The fourth-order valence-electron chi connectivity index (χ4n) is 5.01. The first-order valence-electron chi connectivity index (χ1n) is 14.0. The number of aromatic nitrogens is 1. The molecule has 4 unspecified atom stereocenters. The number of hydrogen-bond donors (Lipinski definition) is 2. The van der Waals surface area contributed by atoms with E-state index >= 15 is 0 Å². The molecule has 1 saturated heterocycles. The minimum Gasteiger partial charge on any atom is -0.618 e. The molecule has 2 N–H and O–H groups in total. The van der Waals surface area contributed by atoms with Crippen LogP contribution >= 0.6 is 46.6 Å². The Morgan fingerprint density at radius 3 is 2.36 bits per heavy atom. The lowest BCUT2D eigenvalue weighted by molar-refractivity contribution is -0.645. The third kappa shape index (κ3) is 8.06. The Bertz CT molecular complexity index is 1580. The number of ether oxygens (including phenoxy) is 2. The number of alkyl halides is 3. The van der Waals surface area contributed by atoms with Crippen molar-refractivity contribution >= 4 is 52.5 Å². The van der Waals surface area contributed by atoms with Crippen molar-refractivity contribution in [2.45, 2.75) is 47.4 Å². The van der Waals surface area contributed by atoms with Gasteiger partial charge in [0.15, 0.2) is 12.5 Å². The van der Waals surface area contributed by atoms with Gasteiger partial charge in [0.25, 0.3) is 14.7 Å². The van der Waals surface area contributed by atoms with Crippen molar-refractivity contribution in [3.05, 3.63) is 125 Å². The molecule has 1 aliphatic rings. The Labute approximate surface area is 275 Å². The minimum atomic E-state index is -2.03. The van der Waals surface area contributed by atoms with E-state index in [-0.39, 0.29) is 31.3 Å². The second-order valence-electron chi connectivity index (χ2n) is 10.5. The second-order valence-corrected chi connectivity index (χ2v) is 13.8. The third-order valence-electron chi connectivity index (χ3n) is 7.44. The van der Waals surface area contributed by atoms with Gasteiger partial charge >= 0.3 is 0 Å². The smallest absolute Gasteiger partial charge is 0.272 e. The van der Waals surface area contributed by atoms with E-state index in [0.29, 0.717) is 10.8 Å². The summed E-state index contributed by atoms with van der Waals surface area (Å²) in [4.78, 5) is 12.0. The third-order valence-corrected chi connectivity index (χ3v) is 9.06. The summed E-state index contributed by atoms with van der Waals surface area (Å²) in [6.45, 7) is 2.26. The van der Waals surface area contributed by atoms with Gasteiger partial charge in [-0.05, 0) is 46.0 Å². The van der Waals surface area contributed by atoms with E-state index in [0.717, 1.165) is 38.1 Å². The number of carbonyl (C=O) groups is 1. The molecule has 11 heteroatoms. The van der Waals surface area contributed by atoms with Crippen molar-refractivity contribution in [3.8, 4) is 11.1 Å². The molecule has 0 radical (unpaired) electrons. The standard InChI is InChI=1S/C33H31Cl3N2O5S/c1-21-28(20-44-29-10-2-3-15-38(29)41)42-31(43-30(21)24-13-11-22(19-39)12-14-24)27-9-5-8-26(17-27)25-7-4-6-23(16-25)18-37-32(40)33(34,35)36/h2-17,21,28,30-31,39H,18-20H2,1H3,(H,37,40). The molecule has 7 nitrogen and oxygen atoms in total. The fraction of sp³-hybridized carbons (Fsp3) is 0.273. The highest BCUT2D eigenvalue weighted by molar-refractivity contribution is 7.99. The highest BCUT2D eigenvalue weighted by Gasteiger charge is 2.39. The van der Waals surface area contributed by atoms with Crippen LogP contribution in [0.15, 0.2) is 102 Å². The van der Waals surface area contributed by atoms with Gasteiger partial charge in [-0.2, -0.15) is 4.73 Å². The van der Waals surface area contributed by atoms with Gasteiger partial charge in [-0.1, -0.05) is 114 Å². The topological polar surface area (TPSA) is 94.7 Å². The first kappa shape index (κ1) is 32.6. The molecule has 2 heterocycles. The molecule has 0 aliphatic carbocycles. The van der Waals surface area contributed by atoms with E-state index in [1.54, 1.807) is 12.1 Å². The lowest BCUT2D eigenvalue weighted by Crippen LogP contribution is -2.39. The molecular formula is C33H31Cl3N2O5S. The zero-order chi connectivity index (χ0) is 31.3. The molecule has 1 aromatic heterocycles. The van der Waals surface area contributed by atoms with Gasteiger partial charge in [0.2, 0.25) is 0 Å². The zero-order valence-corrected chi connectivity index (χ0v) is 26.8. The lowest BCUT2D eigenvalue weighted by Gasteiger charge is -2.41. The molecule has 0 saturated carbocycles. The Hall–Kier alpha value is -2.82. The maximum atomic E-state index is 12.3. The van der Waals surface area contributed by atoms with Gasteiger partial charge in [0, 0.05) is 35.9 Å². The van der Waals surface area contributed by atoms with Gasteiger partial charge in [-0.25, -0.2) is 0 Å². The van der Waals surface area contributed by atoms with Crippen LogP contribution in [0.5, 0.6) is 0 Å². The van der Waals surface area contributed by atoms with Gasteiger partial charge < -0.3 is 25.1 Å². The van der Waals surface area contributed by atoms with Gasteiger partial charge in [0.1, 0.15) is 0 Å².